The number of likely N-dealkylation sites (N-methyl/N-ethyl adjacent to an activating group) is 1. The third kappa shape index (κ3) is 1.48. The molecule has 0 fully saturated rings. The van der Waals surface area contributed by atoms with Crippen LogP contribution in [-0.4, -0.2) is 19.1 Å². The predicted octanol–water partition coefficient (Wildman–Crippen LogP) is 2.94. The van der Waals surface area contributed by atoms with Gasteiger partial charge in [-0.2, -0.15) is 0 Å². The number of rotatable bonds is 0. The minimum Gasteiger partial charge on any atom is -0.381 e. The molecule has 1 aromatic rings. The zero-order valence-corrected chi connectivity index (χ0v) is 10.3. The van der Waals surface area contributed by atoms with Crippen molar-refractivity contribution in [1.82, 2.24) is 0 Å². The van der Waals surface area contributed by atoms with Gasteiger partial charge in [0.05, 0.1) is 16.9 Å². The molecule has 0 bridgehead atoms. The quantitative estimate of drug-likeness (QED) is 0.699. The largest absolute Gasteiger partial charge is 0.381 e. The van der Waals surface area contributed by atoms with Crippen molar-refractivity contribution >= 4 is 11.4 Å². The molecule has 1 N–H and O–H groups in total. The first-order chi connectivity index (χ1) is 6.93. The van der Waals surface area contributed by atoms with Gasteiger partial charge in [0.2, 0.25) is 0 Å². The second-order valence-corrected chi connectivity index (χ2v) is 5.13. The van der Waals surface area contributed by atoms with E-state index < -0.39 is 0 Å². The first-order valence-electron chi connectivity index (χ1n) is 5.51. The van der Waals surface area contributed by atoms with Crippen LogP contribution in [0.25, 0.3) is 0 Å². The van der Waals surface area contributed by atoms with E-state index in [1.54, 1.807) is 0 Å². The van der Waals surface area contributed by atoms with E-state index in [-0.39, 0.29) is 5.54 Å². The molecule has 2 rings (SSSR count). The van der Waals surface area contributed by atoms with E-state index in [1.807, 2.05) is 0 Å². The second kappa shape index (κ2) is 3.16. The van der Waals surface area contributed by atoms with Crippen LogP contribution >= 0.6 is 0 Å². The van der Waals surface area contributed by atoms with Crippen molar-refractivity contribution in [2.24, 2.45) is 0 Å². The Morgan fingerprint density at radius 2 is 1.93 bits per heavy atom. The topological polar surface area (TPSA) is 15.3 Å². The summed E-state index contributed by atoms with van der Waals surface area (Å²) in [5.41, 5.74) is 5.55. The Hall–Kier alpha value is -1.18. The highest BCUT2D eigenvalue weighted by molar-refractivity contribution is 5.77. The first-order valence-corrected chi connectivity index (χ1v) is 5.51. The van der Waals surface area contributed by atoms with Gasteiger partial charge in [-0.15, -0.1) is 0 Å². The maximum absolute atomic E-state index is 3.51. The Balaban J connectivity index is 2.59. The maximum Gasteiger partial charge on any atom is 0.0636 e. The highest BCUT2D eigenvalue weighted by atomic mass is 15.2. The van der Waals surface area contributed by atoms with Crippen LogP contribution in [-0.2, 0) is 0 Å². The zero-order valence-electron chi connectivity index (χ0n) is 10.3. The van der Waals surface area contributed by atoms with Crippen LogP contribution in [0, 0.1) is 13.8 Å². The van der Waals surface area contributed by atoms with E-state index in [0.717, 1.165) is 6.54 Å². The van der Waals surface area contributed by atoms with Crippen molar-refractivity contribution in [2.45, 2.75) is 33.2 Å². The van der Waals surface area contributed by atoms with Gasteiger partial charge in [-0.1, -0.05) is 6.07 Å². The monoisotopic (exact) mass is 204 g/mol. The molecular formula is C13H20N2. The molecule has 1 heterocycles. The Morgan fingerprint density at radius 3 is 2.60 bits per heavy atom. The van der Waals surface area contributed by atoms with E-state index in [9.17, 15) is 0 Å². The number of nitrogens with zero attached hydrogens (tertiary/aromatic N) is 1. The summed E-state index contributed by atoms with van der Waals surface area (Å²) in [6.07, 6.45) is 0. The molecule has 1 aliphatic heterocycles. The van der Waals surface area contributed by atoms with Crippen molar-refractivity contribution in [3.8, 4) is 0 Å². The molecule has 0 aromatic heterocycles. The van der Waals surface area contributed by atoms with Crippen LogP contribution in [0.2, 0.25) is 0 Å². The van der Waals surface area contributed by atoms with Gasteiger partial charge in [0.25, 0.3) is 0 Å². The molecule has 0 saturated carbocycles. The fourth-order valence-electron chi connectivity index (χ4n) is 2.11. The van der Waals surface area contributed by atoms with Gasteiger partial charge in [0.15, 0.2) is 0 Å². The van der Waals surface area contributed by atoms with Crippen molar-refractivity contribution in [1.29, 1.82) is 0 Å². The van der Waals surface area contributed by atoms with E-state index >= 15 is 0 Å². The Kier molecular flexibility index (Phi) is 2.18. The SMILES string of the molecule is Cc1ccc2c(c1C)N(C)C(C)(C)CN2. The third-order valence-electron chi connectivity index (χ3n) is 3.66. The summed E-state index contributed by atoms with van der Waals surface area (Å²) in [6, 6.07) is 4.37. The Bertz CT molecular complexity index is 394. The predicted molar refractivity (Wildman–Crippen MR) is 66.9 cm³/mol. The van der Waals surface area contributed by atoms with Crippen LogP contribution < -0.4 is 10.2 Å². The smallest absolute Gasteiger partial charge is 0.0636 e. The summed E-state index contributed by atoms with van der Waals surface area (Å²) in [4.78, 5) is 2.39. The van der Waals surface area contributed by atoms with Gasteiger partial charge in [-0.05, 0) is 44.9 Å². The molecule has 15 heavy (non-hydrogen) atoms. The number of hydrogen-bond donors (Lipinski definition) is 1. The number of anilines is 2. The number of aryl methyl sites for hydroxylation is 1. The minimum absolute atomic E-state index is 0.186. The van der Waals surface area contributed by atoms with E-state index in [2.05, 4.69) is 57.1 Å². The summed E-state index contributed by atoms with van der Waals surface area (Å²) in [5, 5.41) is 3.51. The van der Waals surface area contributed by atoms with Crippen LogP contribution in [0.5, 0.6) is 0 Å². The minimum atomic E-state index is 0.186. The summed E-state index contributed by atoms with van der Waals surface area (Å²) in [6.45, 7) is 9.91. The van der Waals surface area contributed by atoms with Crippen LogP contribution in [0.4, 0.5) is 11.4 Å². The van der Waals surface area contributed by atoms with Crippen molar-refractivity contribution in [3.05, 3.63) is 23.3 Å². The molecule has 1 aromatic carbocycles. The van der Waals surface area contributed by atoms with Gasteiger partial charge < -0.3 is 10.2 Å². The molecule has 0 amide bonds. The molecule has 0 saturated heterocycles. The summed E-state index contributed by atoms with van der Waals surface area (Å²) in [7, 11) is 2.19. The van der Waals surface area contributed by atoms with Crippen molar-refractivity contribution in [3.63, 3.8) is 0 Å². The average molecular weight is 204 g/mol. The fourth-order valence-corrected chi connectivity index (χ4v) is 2.11. The molecule has 82 valence electrons. The fraction of sp³-hybridized carbons (Fsp3) is 0.538. The molecule has 1 aliphatic rings. The highest BCUT2D eigenvalue weighted by Crippen LogP contribution is 2.38. The lowest BCUT2D eigenvalue weighted by Crippen LogP contribution is -2.50. The van der Waals surface area contributed by atoms with Gasteiger partial charge in [-0.25, -0.2) is 0 Å². The van der Waals surface area contributed by atoms with Gasteiger partial charge in [0.1, 0.15) is 0 Å². The molecule has 2 heteroatoms. The highest BCUT2D eigenvalue weighted by Gasteiger charge is 2.30. The van der Waals surface area contributed by atoms with Gasteiger partial charge in [0, 0.05) is 13.6 Å². The van der Waals surface area contributed by atoms with Crippen molar-refractivity contribution < 1.29 is 0 Å². The summed E-state index contributed by atoms with van der Waals surface area (Å²) >= 11 is 0. The average Bonchev–Trinajstić information content (AvgIpc) is 2.17. The Morgan fingerprint density at radius 1 is 1.27 bits per heavy atom. The third-order valence-corrected chi connectivity index (χ3v) is 3.66. The molecule has 0 aliphatic carbocycles. The summed E-state index contributed by atoms with van der Waals surface area (Å²) in [5.74, 6) is 0. The van der Waals surface area contributed by atoms with Crippen LogP contribution in [0.1, 0.15) is 25.0 Å². The van der Waals surface area contributed by atoms with Gasteiger partial charge in [-0.3, -0.25) is 0 Å². The molecule has 0 atom stereocenters. The van der Waals surface area contributed by atoms with Crippen LogP contribution in [0.15, 0.2) is 12.1 Å². The second-order valence-electron chi connectivity index (χ2n) is 5.13. The zero-order chi connectivity index (χ0) is 11.2. The molecule has 2 nitrogen and oxygen atoms in total. The van der Waals surface area contributed by atoms with Gasteiger partial charge >= 0.3 is 0 Å². The van der Waals surface area contributed by atoms with Crippen molar-refractivity contribution in [2.75, 3.05) is 23.8 Å². The Labute approximate surface area is 92.3 Å². The molecule has 0 spiro atoms. The standard InChI is InChI=1S/C13H20N2/c1-9-6-7-11-12(10(9)2)15(5)13(3,4)8-14-11/h6-7,14H,8H2,1-5H3. The molecule has 0 radical (unpaired) electrons. The lowest BCUT2D eigenvalue weighted by molar-refractivity contribution is 0.501. The lowest BCUT2D eigenvalue weighted by atomic mass is 9.95. The molecular weight excluding hydrogens is 184 g/mol. The van der Waals surface area contributed by atoms with E-state index in [4.69, 9.17) is 0 Å². The molecule has 0 unspecified atom stereocenters. The normalized spacial score (nSPS) is 18.3. The lowest BCUT2D eigenvalue weighted by Gasteiger charge is -2.44. The number of fused-ring (bicyclic) bond motifs is 1. The van der Waals surface area contributed by atoms with E-state index in [0.29, 0.717) is 0 Å². The number of benzene rings is 1. The summed E-state index contributed by atoms with van der Waals surface area (Å²) < 4.78 is 0. The number of hydrogen-bond acceptors (Lipinski definition) is 2. The maximum atomic E-state index is 3.51. The first kappa shape index (κ1) is 10.3. The number of nitrogens with one attached hydrogen (secondary N) is 1. The van der Waals surface area contributed by atoms with E-state index in [1.165, 1.54) is 22.5 Å². The van der Waals surface area contributed by atoms with Crippen LogP contribution in [0.3, 0.4) is 0 Å².